The molecule has 28 nitrogen and oxygen atoms in total. The largest absolute Gasteiger partial charge is 0.493 e. The molecule has 8 aromatic heterocycles. The molecule has 0 saturated carbocycles. The number of carbonyl (C=O) groups is 8. The summed E-state index contributed by atoms with van der Waals surface area (Å²) in [5.74, 6) is 0.706. The number of hydrogen-bond donors (Lipinski definition) is 10. The number of benzene rings is 12. The van der Waals surface area contributed by atoms with Gasteiger partial charge in [-0.2, -0.15) is 25.5 Å². The zero-order valence-corrected chi connectivity index (χ0v) is 77.6. The minimum atomic E-state index is -0.166. The zero-order chi connectivity index (χ0) is 95.7. The number of aromatic nitrogens is 11. The molecule has 9 heterocycles. The normalized spacial score (nSPS) is 12.1. The molecule has 1 aliphatic rings. The predicted molar refractivity (Wildman–Crippen MR) is 546 cm³/mol. The average Bonchev–Trinajstić information content (AvgIpc) is 1.66. The van der Waals surface area contributed by atoms with Crippen LogP contribution in [0.2, 0.25) is 0 Å². The van der Waals surface area contributed by atoms with Crippen LogP contribution in [0.15, 0.2) is 285 Å². The van der Waals surface area contributed by atoms with Crippen LogP contribution >= 0.6 is 22.7 Å². The van der Waals surface area contributed by atoms with Crippen LogP contribution < -0.4 is 36.1 Å². The van der Waals surface area contributed by atoms with Gasteiger partial charge in [0.25, 0.3) is 0 Å². The Kier molecular flexibility index (Phi) is 29.0. The molecule has 12 aromatic carbocycles. The lowest BCUT2D eigenvalue weighted by atomic mass is 10.0. The highest BCUT2D eigenvalue weighted by atomic mass is 32.1. The number of methoxy groups -OCH3 is 3. The van der Waals surface area contributed by atoms with Crippen LogP contribution in [0.25, 0.3) is 140 Å². The molecule has 1 aliphatic heterocycles. The van der Waals surface area contributed by atoms with Gasteiger partial charge in [0.05, 0.1) is 107 Å². The number of rotatable bonds is 25. The first kappa shape index (κ1) is 93.0. The zero-order valence-electron chi connectivity index (χ0n) is 76.0. The Hall–Kier alpha value is -16.8. The third-order valence-corrected chi connectivity index (χ3v) is 25.4. The van der Waals surface area contributed by atoms with Crippen molar-refractivity contribution in [1.29, 1.82) is 0 Å². The first-order chi connectivity index (χ1) is 67.2. The Bertz CT molecular complexity index is 7840. The van der Waals surface area contributed by atoms with Crippen LogP contribution in [0.3, 0.4) is 0 Å². The monoisotopic (exact) mass is 1870 g/mol. The maximum absolute atomic E-state index is 12.6. The molecule has 0 aliphatic carbocycles. The summed E-state index contributed by atoms with van der Waals surface area (Å²) in [6.07, 6.45) is 3.64. The summed E-state index contributed by atoms with van der Waals surface area (Å²) in [4.78, 5) is 102. The molecule has 21 rings (SSSR count). The maximum Gasteiger partial charge on any atom is 0.230 e. The van der Waals surface area contributed by atoms with Crippen LogP contribution in [0, 0.1) is 5.92 Å². The fourth-order valence-electron chi connectivity index (χ4n) is 15.9. The number of ketones is 3. The van der Waals surface area contributed by atoms with E-state index in [9.17, 15) is 38.4 Å². The topological polar surface area (TPSA) is 390 Å². The van der Waals surface area contributed by atoms with Crippen molar-refractivity contribution in [3.63, 3.8) is 0 Å². The Morgan fingerprint density at radius 1 is 0.377 bits per heavy atom. The number of fused-ring (bicyclic) bond motifs is 8. The first-order valence-corrected chi connectivity index (χ1v) is 46.1. The van der Waals surface area contributed by atoms with Crippen molar-refractivity contribution in [2.24, 2.45) is 5.92 Å². The predicted octanol–water partition coefficient (Wildman–Crippen LogP) is 22.2. The molecule has 1 unspecified atom stereocenters. The average molecular weight is 1870 g/mol. The van der Waals surface area contributed by atoms with E-state index in [0.717, 1.165) is 144 Å². The quantitative estimate of drug-likeness (QED) is 0.0238. The smallest absolute Gasteiger partial charge is 0.230 e. The third-order valence-electron chi connectivity index (χ3n) is 23.1. The van der Waals surface area contributed by atoms with Gasteiger partial charge in [-0.25, -0.2) is 0 Å². The number of nitrogens with zero attached hydrogens (tertiary/aromatic N) is 6. The van der Waals surface area contributed by atoms with E-state index in [2.05, 4.69) is 149 Å². The molecular formula is C108H94N16O12S2. The van der Waals surface area contributed by atoms with E-state index in [-0.39, 0.29) is 78.5 Å². The minimum absolute atomic E-state index is 0.00836. The molecule has 30 heteroatoms. The lowest BCUT2D eigenvalue weighted by molar-refractivity contribution is -0.121. The lowest BCUT2D eigenvalue weighted by Crippen LogP contribution is -2.22. The number of hydrogen-bond acceptors (Lipinski definition) is 20. The highest BCUT2D eigenvalue weighted by Crippen LogP contribution is 2.41. The highest BCUT2D eigenvalue weighted by molar-refractivity contribution is 7.22. The van der Waals surface area contributed by atoms with Crippen molar-refractivity contribution in [3.05, 3.63) is 308 Å². The highest BCUT2D eigenvalue weighted by Gasteiger charge is 2.25. The van der Waals surface area contributed by atoms with Gasteiger partial charge in [-0.1, -0.05) is 133 Å². The molecule has 690 valence electrons. The van der Waals surface area contributed by atoms with Gasteiger partial charge in [0.2, 0.25) is 29.5 Å². The van der Waals surface area contributed by atoms with Crippen LogP contribution in [0.5, 0.6) is 11.5 Å². The summed E-state index contributed by atoms with van der Waals surface area (Å²) in [5, 5.41) is 61.6. The summed E-state index contributed by atoms with van der Waals surface area (Å²) in [6, 6.07) is 89.4. The number of carbonyl (C=O) groups excluding carboxylic acids is 8. The van der Waals surface area contributed by atoms with Gasteiger partial charge in [-0.15, -0.1) is 22.7 Å². The van der Waals surface area contributed by atoms with Gasteiger partial charge in [-0.3, -0.25) is 64.0 Å². The lowest BCUT2D eigenvalue weighted by Gasteiger charge is -2.10. The van der Waals surface area contributed by atoms with Gasteiger partial charge in [0.15, 0.2) is 23.1 Å². The Labute approximate surface area is 798 Å². The molecule has 1 fully saturated rings. The molecule has 20 aromatic rings. The number of anilines is 5. The van der Waals surface area contributed by atoms with Crippen molar-refractivity contribution in [2.45, 2.75) is 59.3 Å². The van der Waals surface area contributed by atoms with Crippen molar-refractivity contribution in [3.8, 4) is 66.4 Å². The summed E-state index contributed by atoms with van der Waals surface area (Å²) in [7, 11) is 4.72. The van der Waals surface area contributed by atoms with Crippen molar-refractivity contribution in [2.75, 3.05) is 67.7 Å². The van der Waals surface area contributed by atoms with Gasteiger partial charge in [0.1, 0.15) is 17.2 Å². The number of pyridine rings is 1. The van der Waals surface area contributed by atoms with E-state index in [0.29, 0.717) is 65.9 Å². The summed E-state index contributed by atoms with van der Waals surface area (Å²) in [6.45, 7) is 6.14. The molecule has 1 saturated heterocycles. The van der Waals surface area contributed by atoms with Gasteiger partial charge in [0, 0.05) is 131 Å². The van der Waals surface area contributed by atoms with Crippen LogP contribution in [0.1, 0.15) is 78.4 Å². The molecule has 0 spiro atoms. The van der Waals surface area contributed by atoms with Gasteiger partial charge < -0.3 is 50.3 Å². The third kappa shape index (κ3) is 22.5. The molecule has 0 bridgehead atoms. The summed E-state index contributed by atoms with van der Waals surface area (Å²) < 4.78 is 23.3. The van der Waals surface area contributed by atoms with Crippen molar-refractivity contribution >= 4 is 183 Å². The molecule has 10 N–H and O–H groups in total. The number of amides is 5. The molecule has 138 heavy (non-hydrogen) atoms. The van der Waals surface area contributed by atoms with E-state index < -0.39 is 0 Å². The minimum Gasteiger partial charge on any atom is -0.493 e. The van der Waals surface area contributed by atoms with Crippen LogP contribution in [-0.2, 0) is 51.1 Å². The van der Waals surface area contributed by atoms with E-state index in [4.69, 9.17) is 18.9 Å². The summed E-state index contributed by atoms with van der Waals surface area (Å²) in [5.41, 5.74) is 18.0. The van der Waals surface area contributed by atoms with E-state index in [1.54, 1.807) is 93.5 Å². The number of nitrogens with one attached hydrogen (secondary N) is 10. The Balaban J connectivity index is 0.000000120. The second-order valence-electron chi connectivity index (χ2n) is 32.8. The van der Waals surface area contributed by atoms with Crippen LogP contribution in [-0.4, -0.2) is 144 Å². The van der Waals surface area contributed by atoms with Crippen molar-refractivity contribution < 1.29 is 57.3 Å². The second-order valence-corrected chi connectivity index (χ2v) is 35.0. The maximum atomic E-state index is 12.6. The van der Waals surface area contributed by atoms with E-state index in [1.165, 1.54) is 39.4 Å². The number of aromatic amines is 5. The van der Waals surface area contributed by atoms with Crippen molar-refractivity contribution in [1.82, 2.24) is 56.0 Å². The molecule has 5 amide bonds. The Morgan fingerprint density at radius 2 is 0.797 bits per heavy atom. The SMILES string of the molecule is CC(=O)CCC(=O)Nc1ccc2[nH]nc(-c3ccc4ccccc4c3)c2c1.CC(=O)c1ccc(-c2n[nH]c3ccc(NC(=O)Cc4ccccn4)cc23)cc1.COCCC(=O)Nc1ccc2[nH]nc(-c3cc4ccccc4s3)c2c1.COc1ccc(CC(=O)Nc2ccc3[nH]nc(-c4ccc(C(C)=O)cc4)c3c2)cc1OC.O=C(Nc1ccc2[nH]nc(-c3cc4ccccc4s3)c2c1)C1CCOC1. The van der Waals surface area contributed by atoms with Crippen LogP contribution in [0.4, 0.5) is 28.4 Å². The summed E-state index contributed by atoms with van der Waals surface area (Å²) >= 11 is 3.44. The molecular weight excluding hydrogens is 1780 g/mol. The number of H-pyrrole nitrogens is 5. The van der Waals surface area contributed by atoms with E-state index in [1.807, 2.05) is 176 Å². The number of Topliss-reactive ketones (excluding diaryl/α,β-unsaturated/α-hetero) is 3. The fourth-order valence-corrected chi connectivity index (χ4v) is 18.1. The second kappa shape index (κ2) is 43.0. The van der Waals surface area contributed by atoms with E-state index >= 15 is 0 Å². The van der Waals surface area contributed by atoms with Gasteiger partial charge >= 0.3 is 0 Å². The molecule has 0 radical (unpaired) electrons. The number of ether oxygens (including phenoxy) is 4. The Morgan fingerprint density at radius 3 is 1.24 bits per heavy atom. The molecule has 1 atom stereocenters. The van der Waals surface area contributed by atoms with Gasteiger partial charge in [-0.05, 0) is 200 Å². The fraction of sp³-hybridized carbons (Fsp3) is 0.148. The first-order valence-electron chi connectivity index (χ1n) is 44.5. The standard InChI is InChI=1S/C25H23N3O4.C22H18N4O2.C22H19N3O2.C20H17N3O2S.C19H17N3O2S/c1-15(29)17-5-7-18(8-6-17)25-20-14-19(9-10-21(20)27-28-25)26-24(30)13-16-4-11-22(31-2)23(12-16)32-3;1-14(27)15-5-7-16(8-6-15)22-19-12-18(9-10-20(19)25-26-22)24-21(28)13-17-4-2-3-11-23-17;1-14(26)6-11-21(27)23-18-9-10-20-19(13-18)22(25-24-20)17-8-7-15-4-2-3-5-16(15)12-17;24-20(13-7-8-25-11-13)21-14-5-6-16-15(10-14)19(23-22-16)18-9-12-3-1-2-4-17(12)26-18;1-24-9-8-18(23)20-13-6-7-15-14(11-13)19(22-21-15)17-10-12-4-2-3-5-16(12)25-17/h4-12,14H,13H2,1-3H3,(H,26,30)(H,27,28);2-12H,13H2,1H3,(H,24,28)(H,25,26);2-5,7-10,12-13H,6,11H2,1H3,(H,23,27)(H,24,25);1-6,9-10,13H,7-8,11H2,(H,21,24)(H,22,23);2-7,10-11H,8-9H2,1H3,(H,20,23)(H,21,22). The number of thiophene rings is 2.